The highest BCUT2D eigenvalue weighted by molar-refractivity contribution is 5.84. The molecule has 8 nitrogen and oxygen atoms in total. The molecule has 0 aromatic carbocycles. The van der Waals surface area contributed by atoms with Crippen molar-refractivity contribution in [1.29, 1.82) is 0 Å². The molecular formula is C12H21N5O3. The van der Waals surface area contributed by atoms with Crippen molar-refractivity contribution >= 4 is 11.8 Å². The average Bonchev–Trinajstić information content (AvgIpc) is 2.84. The molecule has 0 fully saturated rings. The highest BCUT2D eigenvalue weighted by Crippen LogP contribution is 1.96. The summed E-state index contributed by atoms with van der Waals surface area (Å²) < 4.78 is 1.40. The molecule has 0 aliphatic rings. The van der Waals surface area contributed by atoms with Crippen LogP contribution in [0.2, 0.25) is 0 Å². The van der Waals surface area contributed by atoms with Crippen LogP contribution in [0.3, 0.4) is 0 Å². The number of carbonyl (C=O) groups is 2. The molecule has 0 aliphatic heterocycles. The fourth-order valence-electron chi connectivity index (χ4n) is 1.53. The molecule has 1 aromatic heterocycles. The minimum absolute atomic E-state index is 0.00978. The van der Waals surface area contributed by atoms with Crippen molar-refractivity contribution in [1.82, 2.24) is 25.2 Å². The third-order valence-corrected chi connectivity index (χ3v) is 2.63. The van der Waals surface area contributed by atoms with Gasteiger partial charge in [-0.2, -0.15) is 0 Å². The van der Waals surface area contributed by atoms with Crippen LogP contribution in [0.1, 0.15) is 19.0 Å². The van der Waals surface area contributed by atoms with Crippen molar-refractivity contribution in [2.45, 2.75) is 26.3 Å². The summed E-state index contributed by atoms with van der Waals surface area (Å²) >= 11 is 0. The van der Waals surface area contributed by atoms with Gasteiger partial charge in [-0.05, 0) is 6.42 Å². The summed E-state index contributed by atoms with van der Waals surface area (Å²) in [4.78, 5) is 24.7. The SMILES string of the molecule is CCCNC(=O)CN(C)C(=O)Cn1cc(CCO)nn1. The molecule has 0 aliphatic carbocycles. The van der Waals surface area contributed by atoms with E-state index in [-0.39, 0.29) is 31.5 Å². The molecule has 1 heterocycles. The van der Waals surface area contributed by atoms with Crippen molar-refractivity contribution in [3.63, 3.8) is 0 Å². The van der Waals surface area contributed by atoms with Gasteiger partial charge in [-0.1, -0.05) is 12.1 Å². The lowest BCUT2D eigenvalue weighted by Gasteiger charge is -2.16. The third-order valence-electron chi connectivity index (χ3n) is 2.63. The van der Waals surface area contributed by atoms with Gasteiger partial charge in [0.25, 0.3) is 0 Å². The fraction of sp³-hybridized carbons (Fsp3) is 0.667. The Kier molecular flexibility index (Phi) is 6.65. The highest BCUT2D eigenvalue weighted by Gasteiger charge is 2.14. The zero-order valence-corrected chi connectivity index (χ0v) is 11.9. The summed E-state index contributed by atoms with van der Waals surface area (Å²) in [5.41, 5.74) is 0.628. The van der Waals surface area contributed by atoms with Crippen molar-refractivity contribution in [2.75, 3.05) is 26.7 Å². The summed E-state index contributed by atoms with van der Waals surface area (Å²) in [5.74, 6) is -0.403. The lowest BCUT2D eigenvalue weighted by Crippen LogP contribution is -2.40. The normalized spacial score (nSPS) is 10.3. The maximum Gasteiger partial charge on any atom is 0.244 e. The zero-order chi connectivity index (χ0) is 15.0. The minimum atomic E-state index is -0.225. The van der Waals surface area contributed by atoms with Crippen LogP contribution >= 0.6 is 0 Å². The maximum absolute atomic E-state index is 11.9. The van der Waals surface area contributed by atoms with Crippen LogP contribution in [0, 0.1) is 0 Å². The molecular weight excluding hydrogens is 262 g/mol. The van der Waals surface area contributed by atoms with E-state index in [1.807, 2.05) is 6.92 Å². The number of aliphatic hydroxyl groups excluding tert-OH is 1. The Morgan fingerprint density at radius 2 is 2.25 bits per heavy atom. The van der Waals surface area contributed by atoms with Gasteiger partial charge in [0.1, 0.15) is 6.54 Å². The van der Waals surface area contributed by atoms with Gasteiger partial charge in [0.05, 0.1) is 12.2 Å². The van der Waals surface area contributed by atoms with E-state index in [0.717, 1.165) is 6.42 Å². The molecule has 0 saturated heterocycles. The van der Waals surface area contributed by atoms with E-state index in [1.165, 1.54) is 9.58 Å². The number of hydrogen-bond acceptors (Lipinski definition) is 5. The van der Waals surface area contributed by atoms with E-state index in [2.05, 4.69) is 15.6 Å². The van der Waals surface area contributed by atoms with Crippen LogP contribution in [0.25, 0.3) is 0 Å². The standard InChI is InChI=1S/C12H21N5O3/c1-3-5-13-11(19)8-16(2)12(20)9-17-7-10(4-6-18)14-15-17/h7,18H,3-6,8-9H2,1-2H3,(H,13,19). The van der Waals surface area contributed by atoms with Crippen LogP contribution in [-0.2, 0) is 22.6 Å². The Labute approximate surface area is 117 Å². The second-order valence-corrected chi connectivity index (χ2v) is 4.48. The van der Waals surface area contributed by atoms with Crippen LogP contribution in [0.5, 0.6) is 0 Å². The van der Waals surface area contributed by atoms with Gasteiger partial charge in [0, 0.05) is 32.8 Å². The van der Waals surface area contributed by atoms with Crippen molar-refractivity contribution in [3.8, 4) is 0 Å². The highest BCUT2D eigenvalue weighted by atomic mass is 16.3. The molecule has 8 heteroatoms. The van der Waals surface area contributed by atoms with Crippen molar-refractivity contribution in [3.05, 3.63) is 11.9 Å². The topological polar surface area (TPSA) is 100 Å². The molecule has 112 valence electrons. The maximum atomic E-state index is 11.9. The number of aromatic nitrogens is 3. The number of amides is 2. The fourth-order valence-corrected chi connectivity index (χ4v) is 1.53. The number of carbonyl (C=O) groups excluding carboxylic acids is 2. The average molecular weight is 283 g/mol. The molecule has 1 aromatic rings. The van der Waals surface area contributed by atoms with Gasteiger partial charge < -0.3 is 15.3 Å². The molecule has 0 unspecified atom stereocenters. The molecule has 0 bridgehead atoms. The van der Waals surface area contributed by atoms with Gasteiger partial charge >= 0.3 is 0 Å². The third kappa shape index (κ3) is 5.35. The monoisotopic (exact) mass is 283 g/mol. The Balaban J connectivity index is 2.42. The van der Waals surface area contributed by atoms with Crippen molar-refractivity contribution in [2.24, 2.45) is 0 Å². The van der Waals surface area contributed by atoms with Gasteiger partial charge in [-0.15, -0.1) is 5.10 Å². The second-order valence-electron chi connectivity index (χ2n) is 4.48. The van der Waals surface area contributed by atoms with Crippen molar-refractivity contribution < 1.29 is 14.7 Å². The lowest BCUT2D eigenvalue weighted by atomic mass is 10.3. The van der Waals surface area contributed by atoms with Crippen LogP contribution in [0.15, 0.2) is 6.20 Å². The summed E-state index contributed by atoms with van der Waals surface area (Å²) in [6.07, 6.45) is 2.87. The number of likely N-dealkylation sites (N-methyl/N-ethyl adjacent to an activating group) is 1. The first kappa shape index (κ1) is 16.1. The Morgan fingerprint density at radius 1 is 1.50 bits per heavy atom. The number of hydrogen-bond donors (Lipinski definition) is 2. The van der Waals surface area contributed by atoms with Gasteiger partial charge in [0.2, 0.25) is 11.8 Å². The Morgan fingerprint density at radius 3 is 2.90 bits per heavy atom. The largest absolute Gasteiger partial charge is 0.396 e. The zero-order valence-electron chi connectivity index (χ0n) is 11.9. The van der Waals surface area contributed by atoms with E-state index < -0.39 is 0 Å². The smallest absolute Gasteiger partial charge is 0.244 e. The van der Waals surface area contributed by atoms with Gasteiger partial charge in [-0.3, -0.25) is 9.59 Å². The molecule has 20 heavy (non-hydrogen) atoms. The molecule has 2 N–H and O–H groups in total. The van der Waals surface area contributed by atoms with E-state index in [0.29, 0.717) is 18.7 Å². The number of nitrogens with one attached hydrogen (secondary N) is 1. The lowest BCUT2D eigenvalue weighted by molar-refractivity contribution is -0.135. The number of aliphatic hydroxyl groups is 1. The summed E-state index contributed by atoms with van der Waals surface area (Å²) in [7, 11) is 1.57. The first-order valence-electron chi connectivity index (χ1n) is 6.57. The quantitative estimate of drug-likeness (QED) is 0.624. The molecule has 2 amide bonds. The summed E-state index contributed by atoms with van der Waals surface area (Å²) in [5, 5.41) is 19.1. The molecule has 0 radical (unpaired) electrons. The van der Waals surface area contributed by atoms with Gasteiger partial charge in [-0.25, -0.2) is 4.68 Å². The van der Waals surface area contributed by atoms with Crippen LogP contribution < -0.4 is 5.32 Å². The van der Waals surface area contributed by atoms with E-state index in [1.54, 1.807) is 13.2 Å². The summed E-state index contributed by atoms with van der Waals surface area (Å²) in [6.45, 7) is 2.61. The summed E-state index contributed by atoms with van der Waals surface area (Å²) in [6, 6.07) is 0. The minimum Gasteiger partial charge on any atom is -0.396 e. The van der Waals surface area contributed by atoms with E-state index >= 15 is 0 Å². The first-order chi connectivity index (χ1) is 9.56. The van der Waals surface area contributed by atoms with E-state index in [4.69, 9.17) is 5.11 Å². The molecule has 1 rings (SSSR count). The van der Waals surface area contributed by atoms with E-state index in [9.17, 15) is 9.59 Å². The molecule has 0 saturated carbocycles. The molecule has 0 spiro atoms. The number of rotatable bonds is 8. The second kappa shape index (κ2) is 8.26. The predicted octanol–water partition coefficient (Wildman–Crippen LogP) is -1.20. The van der Waals surface area contributed by atoms with Crippen LogP contribution in [-0.4, -0.2) is 63.6 Å². The van der Waals surface area contributed by atoms with Crippen LogP contribution in [0.4, 0.5) is 0 Å². The number of nitrogens with zero attached hydrogens (tertiary/aromatic N) is 4. The first-order valence-corrected chi connectivity index (χ1v) is 6.57. The molecule has 0 atom stereocenters. The van der Waals surface area contributed by atoms with Gasteiger partial charge in [0.15, 0.2) is 0 Å². The predicted molar refractivity (Wildman–Crippen MR) is 71.7 cm³/mol. The Hall–Kier alpha value is -1.96. The Bertz CT molecular complexity index is 446.